The first kappa shape index (κ1) is 19.6. The summed E-state index contributed by atoms with van der Waals surface area (Å²) < 4.78 is -1.91. The molecule has 0 heterocycles. The van der Waals surface area contributed by atoms with Crippen molar-refractivity contribution in [3.63, 3.8) is 0 Å². The van der Waals surface area contributed by atoms with Gasteiger partial charge in [-0.25, -0.2) is 0 Å². The van der Waals surface area contributed by atoms with Gasteiger partial charge in [-0.3, -0.25) is 14.9 Å². The van der Waals surface area contributed by atoms with Crippen molar-refractivity contribution >= 4 is 63.7 Å². The number of carbonyl (C=O) groups is 1. The Morgan fingerprint density at radius 2 is 1.80 bits per heavy atom. The molecule has 0 aliphatic heterocycles. The van der Waals surface area contributed by atoms with E-state index in [9.17, 15) is 14.9 Å². The minimum atomic E-state index is -1.91. The van der Waals surface area contributed by atoms with Gasteiger partial charge >= 0.3 is 0 Å². The SMILES string of the molecule is O=C(NC(Nc1ccccc1Cl)C(Cl)(Cl)Cl)c1cccc([N+](=O)[O-])c1. The molecule has 0 aliphatic rings. The van der Waals surface area contributed by atoms with Gasteiger partial charge < -0.3 is 10.6 Å². The number of halogens is 4. The number of nitrogens with one attached hydrogen (secondary N) is 2. The Bertz CT molecular complexity index is 796. The van der Waals surface area contributed by atoms with Gasteiger partial charge in [0, 0.05) is 17.7 Å². The number of non-ortho nitro benzene ring substituents is 1. The van der Waals surface area contributed by atoms with Crippen molar-refractivity contribution in [3.05, 3.63) is 69.2 Å². The summed E-state index contributed by atoms with van der Waals surface area (Å²) in [7, 11) is 0. The zero-order valence-corrected chi connectivity index (χ0v) is 15.4. The molecule has 0 radical (unpaired) electrons. The lowest BCUT2D eigenvalue weighted by Gasteiger charge is -2.27. The number of benzene rings is 2. The highest BCUT2D eigenvalue weighted by Crippen LogP contribution is 2.33. The van der Waals surface area contributed by atoms with E-state index < -0.39 is 20.8 Å². The molecule has 2 aromatic rings. The van der Waals surface area contributed by atoms with E-state index in [2.05, 4.69) is 10.6 Å². The van der Waals surface area contributed by atoms with E-state index in [-0.39, 0.29) is 11.3 Å². The summed E-state index contributed by atoms with van der Waals surface area (Å²) in [5.74, 6) is -0.653. The molecule has 25 heavy (non-hydrogen) atoms. The number of amides is 1. The third-order valence-corrected chi connectivity index (χ3v) is 4.08. The fourth-order valence-electron chi connectivity index (χ4n) is 1.91. The van der Waals surface area contributed by atoms with Crippen LogP contribution in [0.4, 0.5) is 11.4 Å². The number of nitro groups is 1. The molecule has 1 unspecified atom stereocenters. The normalized spacial score (nSPS) is 12.3. The predicted octanol–water partition coefficient (Wildman–Crippen LogP) is 4.79. The van der Waals surface area contributed by atoms with Crippen molar-refractivity contribution < 1.29 is 9.72 Å². The number of hydrogen-bond acceptors (Lipinski definition) is 4. The lowest BCUT2D eigenvalue weighted by atomic mass is 10.2. The average molecular weight is 423 g/mol. The topological polar surface area (TPSA) is 84.3 Å². The molecule has 10 heteroatoms. The molecule has 0 saturated carbocycles. The van der Waals surface area contributed by atoms with E-state index in [1.165, 1.54) is 18.2 Å². The van der Waals surface area contributed by atoms with Gasteiger partial charge in [0.2, 0.25) is 3.79 Å². The van der Waals surface area contributed by atoms with Crippen LogP contribution in [0.15, 0.2) is 48.5 Å². The molecule has 0 aliphatic carbocycles. The Morgan fingerprint density at radius 3 is 2.40 bits per heavy atom. The van der Waals surface area contributed by atoms with Crippen LogP contribution < -0.4 is 10.6 Å². The Hall–Kier alpha value is -1.73. The zero-order valence-electron chi connectivity index (χ0n) is 12.4. The number of hydrogen-bond donors (Lipinski definition) is 2. The summed E-state index contributed by atoms with van der Waals surface area (Å²) in [5, 5.41) is 16.5. The standard InChI is InChI=1S/C15H11Cl4N3O3/c16-11-6-1-2-7-12(11)20-14(15(17,18)19)21-13(23)9-4-3-5-10(8-9)22(24)25/h1-8,14,20H,(H,21,23). The molecular formula is C15H11Cl4N3O3. The minimum Gasteiger partial charge on any atom is -0.361 e. The number of alkyl halides is 3. The maximum absolute atomic E-state index is 12.4. The molecule has 2 rings (SSSR count). The van der Waals surface area contributed by atoms with Gasteiger partial charge in [0.25, 0.3) is 11.6 Å². The molecule has 2 N–H and O–H groups in total. The van der Waals surface area contributed by atoms with Crippen LogP contribution in [-0.4, -0.2) is 20.8 Å². The molecule has 1 amide bonds. The Balaban J connectivity index is 2.23. The van der Waals surface area contributed by atoms with Crippen molar-refractivity contribution in [2.45, 2.75) is 9.96 Å². The monoisotopic (exact) mass is 421 g/mol. The first-order valence-corrected chi connectivity index (χ1v) is 8.33. The van der Waals surface area contributed by atoms with Gasteiger partial charge in [0.05, 0.1) is 15.6 Å². The van der Waals surface area contributed by atoms with Crippen molar-refractivity contribution in [1.29, 1.82) is 0 Å². The van der Waals surface area contributed by atoms with Gasteiger partial charge in [-0.1, -0.05) is 64.6 Å². The molecule has 0 fully saturated rings. The highest BCUT2D eigenvalue weighted by atomic mass is 35.6. The fraction of sp³-hybridized carbons (Fsp3) is 0.133. The third-order valence-electron chi connectivity index (χ3n) is 3.10. The average Bonchev–Trinajstić information content (AvgIpc) is 2.55. The molecule has 0 saturated heterocycles. The van der Waals surface area contributed by atoms with Gasteiger partial charge in [-0.15, -0.1) is 0 Å². The van der Waals surface area contributed by atoms with Crippen LogP contribution in [0.25, 0.3) is 0 Å². The summed E-state index contributed by atoms with van der Waals surface area (Å²) in [4.78, 5) is 22.6. The summed E-state index contributed by atoms with van der Waals surface area (Å²) in [6.45, 7) is 0. The van der Waals surface area contributed by atoms with E-state index in [0.717, 1.165) is 6.07 Å². The second-order valence-corrected chi connectivity index (χ2v) is 7.66. The maximum atomic E-state index is 12.4. The number of para-hydroxylation sites is 1. The summed E-state index contributed by atoms with van der Waals surface area (Å²) >= 11 is 23.8. The van der Waals surface area contributed by atoms with Gasteiger partial charge in [-0.05, 0) is 18.2 Å². The molecule has 0 spiro atoms. The second-order valence-electron chi connectivity index (χ2n) is 4.88. The van der Waals surface area contributed by atoms with Crippen LogP contribution in [0.1, 0.15) is 10.4 Å². The van der Waals surface area contributed by atoms with Crippen LogP contribution in [0, 0.1) is 10.1 Å². The van der Waals surface area contributed by atoms with E-state index in [4.69, 9.17) is 46.4 Å². The van der Waals surface area contributed by atoms with Crippen LogP contribution in [-0.2, 0) is 0 Å². The van der Waals surface area contributed by atoms with Crippen LogP contribution in [0.5, 0.6) is 0 Å². The molecule has 2 aromatic carbocycles. The number of carbonyl (C=O) groups excluding carboxylic acids is 1. The molecule has 6 nitrogen and oxygen atoms in total. The number of nitro benzene ring substituents is 1. The Kier molecular flexibility index (Phi) is 6.35. The first-order chi connectivity index (χ1) is 11.7. The van der Waals surface area contributed by atoms with Crippen molar-refractivity contribution in [2.75, 3.05) is 5.32 Å². The lowest BCUT2D eigenvalue weighted by Crippen LogP contribution is -2.49. The predicted molar refractivity (Wildman–Crippen MR) is 99.7 cm³/mol. The Labute approximate surface area is 163 Å². The smallest absolute Gasteiger partial charge is 0.270 e. The first-order valence-electron chi connectivity index (χ1n) is 6.81. The van der Waals surface area contributed by atoms with Crippen molar-refractivity contribution in [3.8, 4) is 0 Å². The fourth-order valence-corrected chi connectivity index (χ4v) is 2.43. The quantitative estimate of drug-likeness (QED) is 0.314. The highest BCUT2D eigenvalue weighted by molar-refractivity contribution is 6.68. The van der Waals surface area contributed by atoms with E-state index in [1.54, 1.807) is 24.3 Å². The van der Waals surface area contributed by atoms with E-state index in [1.807, 2.05) is 0 Å². The summed E-state index contributed by atoms with van der Waals surface area (Å²) in [6.07, 6.45) is -1.14. The molecular weight excluding hydrogens is 412 g/mol. The molecule has 0 bridgehead atoms. The zero-order chi connectivity index (χ0) is 18.6. The maximum Gasteiger partial charge on any atom is 0.270 e. The summed E-state index contributed by atoms with van der Waals surface area (Å²) in [6, 6.07) is 11.9. The number of rotatable bonds is 5. The van der Waals surface area contributed by atoms with Gasteiger partial charge in [0.1, 0.15) is 6.17 Å². The van der Waals surface area contributed by atoms with Crippen molar-refractivity contribution in [1.82, 2.24) is 5.32 Å². The minimum absolute atomic E-state index is 0.0504. The van der Waals surface area contributed by atoms with Gasteiger partial charge in [0.15, 0.2) is 0 Å². The Morgan fingerprint density at radius 1 is 1.12 bits per heavy atom. The molecule has 132 valence electrons. The van der Waals surface area contributed by atoms with Crippen LogP contribution >= 0.6 is 46.4 Å². The third kappa shape index (κ3) is 5.37. The second kappa shape index (κ2) is 8.10. The van der Waals surface area contributed by atoms with Crippen LogP contribution in [0.3, 0.4) is 0 Å². The number of nitrogens with zero attached hydrogens (tertiary/aromatic N) is 1. The van der Waals surface area contributed by atoms with Gasteiger partial charge in [-0.2, -0.15) is 0 Å². The summed E-state index contributed by atoms with van der Waals surface area (Å²) in [5.41, 5.74) is 0.270. The van der Waals surface area contributed by atoms with Crippen LogP contribution in [0.2, 0.25) is 5.02 Å². The number of anilines is 1. The van der Waals surface area contributed by atoms with E-state index in [0.29, 0.717) is 10.7 Å². The van der Waals surface area contributed by atoms with Crippen molar-refractivity contribution in [2.24, 2.45) is 0 Å². The lowest BCUT2D eigenvalue weighted by molar-refractivity contribution is -0.384. The largest absolute Gasteiger partial charge is 0.361 e. The van der Waals surface area contributed by atoms with E-state index >= 15 is 0 Å². The molecule has 0 aromatic heterocycles. The highest BCUT2D eigenvalue weighted by Gasteiger charge is 2.34. The molecule has 1 atom stereocenters.